The van der Waals surface area contributed by atoms with Gasteiger partial charge in [0.25, 0.3) is 5.91 Å². The Hall–Kier alpha value is -1.66. The van der Waals surface area contributed by atoms with E-state index in [9.17, 15) is 4.79 Å². The minimum Gasteiger partial charge on any atom is -0.397 e. The zero-order chi connectivity index (χ0) is 13.9. The highest BCUT2D eigenvalue weighted by Crippen LogP contribution is 2.32. The van der Waals surface area contributed by atoms with Crippen molar-refractivity contribution in [1.29, 1.82) is 0 Å². The summed E-state index contributed by atoms with van der Waals surface area (Å²) < 4.78 is 0.950. The Balaban J connectivity index is 1.56. The minimum atomic E-state index is -0.0879. The molecule has 1 fully saturated rings. The fourth-order valence-corrected chi connectivity index (χ4v) is 3.11. The number of nitrogens with zero attached hydrogens (tertiary/aromatic N) is 1. The predicted molar refractivity (Wildman–Crippen MR) is 82.0 cm³/mol. The monoisotopic (exact) mass is 290 g/mol. The average Bonchev–Trinajstić information content (AvgIpc) is 3.22. The van der Waals surface area contributed by atoms with E-state index in [1.165, 1.54) is 24.2 Å². The number of anilines is 1. The maximum absolute atomic E-state index is 12.1. The van der Waals surface area contributed by atoms with E-state index in [1.807, 2.05) is 6.07 Å². The highest BCUT2D eigenvalue weighted by atomic mass is 32.1. The van der Waals surface area contributed by atoms with Crippen LogP contribution in [-0.2, 0) is 0 Å². The number of nitrogens with one attached hydrogen (secondary N) is 2. The molecule has 3 rings (SSSR count). The van der Waals surface area contributed by atoms with Crippen molar-refractivity contribution in [2.45, 2.75) is 25.3 Å². The van der Waals surface area contributed by atoms with Gasteiger partial charge in [0.15, 0.2) is 0 Å². The maximum atomic E-state index is 12.1. The molecule has 1 aliphatic carbocycles. The Morgan fingerprint density at radius 1 is 1.45 bits per heavy atom. The van der Waals surface area contributed by atoms with Crippen molar-refractivity contribution in [2.24, 2.45) is 0 Å². The van der Waals surface area contributed by atoms with Crippen LogP contribution in [0.25, 0.3) is 10.1 Å². The summed E-state index contributed by atoms with van der Waals surface area (Å²) in [7, 11) is 0. The molecule has 0 aliphatic heterocycles. The molecule has 0 unspecified atom stereocenters. The first kappa shape index (κ1) is 13.3. The van der Waals surface area contributed by atoms with E-state index >= 15 is 0 Å². The van der Waals surface area contributed by atoms with E-state index < -0.39 is 0 Å². The number of fused-ring (bicyclic) bond motifs is 1. The predicted octanol–water partition coefficient (Wildman–Crippen LogP) is 1.75. The molecule has 106 valence electrons. The second kappa shape index (κ2) is 5.76. The van der Waals surface area contributed by atoms with Crippen molar-refractivity contribution in [3.63, 3.8) is 0 Å². The van der Waals surface area contributed by atoms with Crippen LogP contribution in [0.2, 0.25) is 0 Å². The molecule has 0 bridgehead atoms. The molecule has 0 spiro atoms. The van der Waals surface area contributed by atoms with Crippen LogP contribution in [0, 0.1) is 0 Å². The second-order valence-corrected chi connectivity index (χ2v) is 6.11. The first-order valence-electron chi connectivity index (χ1n) is 6.89. The third-order valence-corrected chi connectivity index (χ3v) is 4.54. The third-order valence-electron chi connectivity index (χ3n) is 3.39. The topological polar surface area (TPSA) is 80.0 Å². The van der Waals surface area contributed by atoms with Crippen LogP contribution in [0.5, 0.6) is 0 Å². The maximum Gasteiger partial charge on any atom is 0.263 e. The second-order valence-electron chi connectivity index (χ2n) is 5.05. The van der Waals surface area contributed by atoms with Crippen molar-refractivity contribution in [3.8, 4) is 0 Å². The number of pyridine rings is 1. The molecule has 1 aliphatic rings. The summed E-state index contributed by atoms with van der Waals surface area (Å²) in [5.74, 6) is -0.0879. The number of rotatable bonds is 6. The lowest BCUT2D eigenvalue weighted by Crippen LogP contribution is -2.27. The average molecular weight is 290 g/mol. The molecule has 20 heavy (non-hydrogen) atoms. The molecular formula is C14H18N4OS. The van der Waals surface area contributed by atoms with Gasteiger partial charge in [0.05, 0.1) is 10.4 Å². The summed E-state index contributed by atoms with van der Waals surface area (Å²) >= 11 is 1.40. The van der Waals surface area contributed by atoms with Gasteiger partial charge < -0.3 is 16.4 Å². The van der Waals surface area contributed by atoms with Gasteiger partial charge in [-0.05, 0) is 31.9 Å². The van der Waals surface area contributed by atoms with Gasteiger partial charge in [-0.25, -0.2) is 0 Å². The number of nitrogens with two attached hydrogens (primary N) is 1. The van der Waals surface area contributed by atoms with Crippen LogP contribution >= 0.6 is 11.3 Å². The molecule has 0 saturated heterocycles. The summed E-state index contributed by atoms with van der Waals surface area (Å²) in [5.41, 5.74) is 6.58. The molecule has 0 atom stereocenters. The van der Waals surface area contributed by atoms with Crippen LogP contribution in [-0.4, -0.2) is 30.0 Å². The summed E-state index contributed by atoms with van der Waals surface area (Å²) in [6, 6.07) is 2.56. The normalized spacial score (nSPS) is 14.6. The number of hydrogen-bond acceptors (Lipinski definition) is 5. The van der Waals surface area contributed by atoms with E-state index in [0.717, 1.165) is 29.1 Å². The third kappa shape index (κ3) is 2.91. The molecular weight excluding hydrogens is 272 g/mol. The summed E-state index contributed by atoms with van der Waals surface area (Å²) in [4.78, 5) is 16.8. The molecule has 0 radical (unpaired) electrons. The zero-order valence-corrected chi connectivity index (χ0v) is 12.0. The van der Waals surface area contributed by atoms with Gasteiger partial charge in [0.2, 0.25) is 0 Å². The lowest BCUT2D eigenvalue weighted by atomic mass is 10.2. The number of nitrogen functional groups attached to an aromatic ring is 1. The van der Waals surface area contributed by atoms with Gasteiger partial charge in [-0.3, -0.25) is 9.78 Å². The Labute approximate surface area is 121 Å². The smallest absolute Gasteiger partial charge is 0.263 e. The Kier molecular flexibility index (Phi) is 3.84. The fraction of sp³-hybridized carbons (Fsp3) is 0.429. The van der Waals surface area contributed by atoms with E-state index in [0.29, 0.717) is 17.1 Å². The fourth-order valence-electron chi connectivity index (χ4n) is 2.10. The quantitative estimate of drug-likeness (QED) is 0.708. The highest BCUT2D eigenvalue weighted by molar-refractivity contribution is 7.21. The van der Waals surface area contributed by atoms with E-state index in [1.54, 1.807) is 12.4 Å². The van der Waals surface area contributed by atoms with E-state index in [4.69, 9.17) is 5.73 Å². The molecule has 2 aromatic heterocycles. The van der Waals surface area contributed by atoms with Crippen molar-refractivity contribution in [2.75, 3.05) is 18.8 Å². The minimum absolute atomic E-state index is 0.0879. The number of carbonyl (C=O) groups is 1. The van der Waals surface area contributed by atoms with Crippen LogP contribution in [0.3, 0.4) is 0 Å². The van der Waals surface area contributed by atoms with Crippen LogP contribution in [0.1, 0.15) is 28.9 Å². The lowest BCUT2D eigenvalue weighted by molar-refractivity contribution is 0.0958. The van der Waals surface area contributed by atoms with Gasteiger partial charge in [0, 0.05) is 30.4 Å². The molecule has 2 heterocycles. The summed E-state index contributed by atoms with van der Waals surface area (Å²) in [6.45, 7) is 1.63. The lowest BCUT2D eigenvalue weighted by Gasteiger charge is -2.05. The molecule has 1 saturated carbocycles. The molecule has 5 nitrogen and oxygen atoms in total. The largest absolute Gasteiger partial charge is 0.397 e. The number of thiophene rings is 1. The summed E-state index contributed by atoms with van der Waals surface area (Å²) in [5, 5.41) is 7.26. The van der Waals surface area contributed by atoms with Crippen LogP contribution in [0.4, 0.5) is 5.69 Å². The number of aromatic nitrogens is 1. The number of amides is 1. The highest BCUT2D eigenvalue weighted by Gasteiger charge is 2.19. The molecule has 0 aromatic carbocycles. The zero-order valence-electron chi connectivity index (χ0n) is 11.2. The van der Waals surface area contributed by atoms with Crippen molar-refractivity contribution < 1.29 is 4.79 Å². The van der Waals surface area contributed by atoms with Crippen LogP contribution < -0.4 is 16.4 Å². The molecule has 4 N–H and O–H groups in total. The first-order valence-corrected chi connectivity index (χ1v) is 7.71. The van der Waals surface area contributed by atoms with Crippen molar-refractivity contribution >= 4 is 33.0 Å². The van der Waals surface area contributed by atoms with Crippen molar-refractivity contribution in [1.82, 2.24) is 15.6 Å². The number of hydrogen-bond donors (Lipinski definition) is 3. The van der Waals surface area contributed by atoms with Gasteiger partial charge >= 0.3 is 0 Å². The van der Waals surface area contributed by atoms with Crippen LogP contribution in [0.15, 0.2) is 18.5 Å². The standard InChI is InChI=1S/C14H18N4OS/c15-12-10-4-7-16-8-11(10)20-13(12)14(19)18-6-1-5-17-9-2-3-9/h4,7-9,17H,1-3,5-6,15H2,(H,18,19). The van der Waals surface area contributed by atoms with Gasteiger partial charge in [-0.1, -0.05) is 0 Å². The molecule has 6 heteroatoms. The van der Waals surface area contributed by atoms with Gasteiger partial charge in [-0.15, -0.1) is 11.3 Å². The Bertz CT molecular complexity index is 621. The molecule has 2 aromatic rings. The van der Waals surface area contributed by atoms with E-state index in [2.05, 4.69) is 15.6 Å². The number of carbonyl (C=O) groups excluding carboxylic acids is 1. The van der Waals surface area contributed by atoms with Gasteiger partial charge in [-0.2, -0.15) is 0 Å². The Morgan fingerprint density at radius 3 is 3.05 bits per heavy atom. The summed E-state index contributed by atoms with van der Waals surface area (Å²) in [6.07, 6.45) is 6.95. The Morgan fingerprint density at radius 2 is 2.30 bits per heavy atom. The SMILES string of the molecule is Nc1c(C(=O)NCCCNC2CC2)sc2cnccc12. The first-order chi connectivity index (χ1) is 9.75. The molecule has 1 amide bonds. The van der Waals surface area contributed by atoms with Gasteiger partial charge in [0.1, 0.15) is 4.88 Å². The van der Waals surface area contributed by atoms with Crippen molar-refractivity contribution in [3.05, 3.63) is 23.3 Å². The van der Waals surface area contributed by atoms with E-state index in [-0.39, 0.29) is 5.91 Å².